The van der Waals surface area contributed by atoms with Crippen LogP contribution >= 0.6 is 22.9 Å². The molecule has 0 saturated heterocycles. The number of halogens is 1. The fraction of sp³-hybridized carbons (Fsp3) is 0.357. The van der Waals surface area contributed by atoms with Crippen LogP contribution in [0, 0.1) is 5.92 Å². The average Bonchev–Trinajstić information content (AvgIpc) is 2.77. The van der Waals surface area contributed by atoms with E-state index in [9.17, 15) is 4.79 Å². The lowest BCUT2D eigenvalue weighted by molar-refractivity contribution is 0.509. The van der Waals surface area contributed by atoms with E-state index in [0.717, 1.165) is 29.5 Å². The molecule has 4 nitrogen and oxygen atoms in total. The van der Waals surface area contributed by atoms with E-state index in [1.165, 1.54) is 15.0 Å². The van der Waals surface area contributed by atoms with E-state index in [1.54, 1.807) is 23.5 Å². The summed E-state index contributed by atoms with van der Waals surface area (Å²) in [4.78, 5) is 19.4. The largest absolute Gasteiger partial charge is 0.283 e. The standard InChI is InChI=1S/C14H12ClN3OS/c1-7-2-3-8-9(6-7)20-13-12(8)14(19)18-11(16-13)5-4-10(15)17-18/h4-5,7H,2-3,6H2,1H3/t7-/m1/s1. The third-order valence-corrected chi connectivity index (χ3v) is 5.25. The molecule has 0 spiro atoms. The average molecular weight is 306 g/mol. The van der Waals surface area contributed by atoms with Crippen molar-refractivity contribution in [2.45, 2.75) is 26.2 Å². The zero-order valence-corrected chi connectivity index (χ0v) is 12.5. The van der Waals surface area contributed by atoms with Crippen LogP contribution in [0.4, 0.5) is 0 Å². The van der Waals surface area contributed by atoms with Gasteiger partial charge in [-0.15, -0.1) is 11.3 Å². The fourth-order valence-corrected chi connectivity index (χ4v) is 4.39. The molecule has 0 saturated carbocycles. The summed E-state index contributed by atoms with van der Waals surface area (Å²) >= 11 is 7.53. The second kappa shape index (κ2) is 4.27. The first kappa shape index (κ1) is 12.3. The number of aryl methyl sites for hydroxylation is 1. The summed E-state index contributed by atoms with van der Waals surface area (Å²) in [6.07, 6.45) is 3.13. The molecular formula is C14H12ClN3OS. The maximum Gasteiger partial charge on any atom is 0.283 e. The predicted molar refractivity (Wildman–Crippen MR) is 80.8 cm³/mol. The lowest BCUT2D eigenvalue weighted by Crippen LogP contribution is -2.19. The summed E-state index contributed by atoms with van der Waals surface area (Å²) in [6.45, 7) is 2.26. The Kier molecular flexibility index (Phi) is 2.62. The fourth-order valence-electron chi connectivity index (χ4n) is 2.87. The van der Waals surface area contributed by atoms with Gasteiger partial charge in [0.2, 0.25) is 0 Å². The Balaban J connectivity index is 2.13. The highest BCUT2D eigenvalue weighted by Gasteiger charge is 2.23. The Morgan fingerprint density at radius 1 is 1.45 bits per heavy atom. The quantitative estimate of drug-likeness (QED) is 0.641. The molecule has 0 bridgehead atoms. The lowest BCUT2D eigenvalue weighted by atomic mass is 9.89. The molecule has 0 aromatic carbocycles. The van der Waals surface area contributed by atoms with Gasteiger partial charge >= 0.3 is 0 Å². The lowest BCUT2D eigenvalue weighted by Gasteiger charge is -2.17. The van der Waals surface area contributed by atoms with Gasteiger partial charge in [-0.2, -0.15) is 9.61 Å². The molecule has 3 aromatic rings. The Labute approximate surface area is 124 Å². The number of fused-ring (bicyclic) bond motifs is 4. The van der Waals surface area contributed by atoms with Gasteiger partial charge in [0.15, 0.2) is 5.65 Å². The van der Waals surface area contributed by atoms with Crippen molar-refractivity contribution in [3.63, 3.8) is 0 Å². The molecule has 0 amide bonds. The van der Waals surface area contributed by atoms with Gasteiger partial charge in [0.25, 0.3) is 5.56 Å². The van der Waals surface area contributed by atoms with E-state index in [0.29, 0.717) is 16.7 Å². The number of rotatable bonds is 0. The van der Waals surface area contributed by atoms with Crippen LogP contribution in [-0.2, 0) is 12.8 Å². The Hall–Kier alpha value is -1.46. The molecule has 0 unspecified atom stereocenters. The first-order chi connectivity index (χ1) is 9.63. The normalized spacial score (nSPS) is 18.6. The van der Waals surface area contributed by atoms with Crippen molar-refractivity contribution in [2.24, 2.45) is 5.92 Å². The van der Waals surface area contributed by atoms with E-state index in [4.69, 9.17) is 11.6 Å². The van der Waals surface area contributed by atoms with Crippen molar-refractivity contribution in [3.05, 3.63) is 38.1 Å². The molecule has 0 radical (unpaired) electrons. The zero-order valence-electron chi connectivity index (χ0n) is 10.9. The van der Waals surface area contributed by atoms with Gasteiger partial charge in [0.05, 0.1) is 5.39 Å². The first-order valence-electron chi connectivity index (χ1n) is 6.63. The predicted octanol–water partition coefficient (Wildman–Crippen LogP) is 3.08. The topological polar surface area (TPSA) is 47.3 Å². The summed E-state index contributed by atoms with van der Waals surface area (Å²) in [5.41, 5.74) is 1.63. The maximum absolute atomic E-state index is 12.7. The minimum absolute atomic E-state index is 0.0976. The first-order valence-corrected chi connectivity index (χ1v) is 7.83. The van der Waals surface area contributed by atoms with Crippen LogP contribution < -0.4 is 5.56 Å². The van der Waals surface area contributed by atoms with Crippen LogP contribution in [0.1, 0.15) is 23.8 Å². The molecule has 0 aliphatic heterocycles. The molecule has 1 atom stereocenters. The third-order valence-electron chi connectivity index (χ3n) is 3.90. The van der Waals surface area contributed by atoms with Gasteiger partial charge in [0.1, 0.15) is 9.98 Å². The maximum atomic E-state index is 12.7. The Morgan fingerprint density at radius 2 is 2.30 bits per heavy atom. The van der Waals surface area contributed by atoms with Crippen molar-refractivity contribution < 1.29 is 0 Å². The van der Waals surface area contributed by atoms with Crippen LogP contribution in [0.15, 0.2) is 16.9 Å². The summed E-state index contributed by atoms with van der Waals surface area (Å²) in [6, 6.07) is 3.39. The van der Waals surface area contributed by atoms with E-state index >= 15 is 0 Å². The number of aromatic nitrogens is 3. The molecule has 6 heteroatoms. The minimum atomic E-state index is -0.0976. The van der Waals surface area contributed by atoms with Crippen molar-refractivity contribution >= 4 is 38.8 Å². The number of nitrogens with zero attached hydrogens (tertiary/aromatic N) is 3. The van der Waals surface area contributed by atoms with Crippen molar-refractivity contribution in [2.75, 3.05) is 0 Å². The van der Waals surface area contributed by atoms with Gasteiger partial charge in [-0.3, -0.25) is 4.79 Å². The van der Waals surface area contributed by atoms with Crippen molar-refractivity contribution in [1.82, 2.24) is 14.6 Å². The molecule has 0 N–H and O–H groups in total. The number of thiophene rings is 1. The smallest absolute Gasteiger partial charge is 0.267 e. The summed E-state index contributed by atoms with van der Waals surface area (Å²) in [7, 11) is 0. The van der Waals surface area contributed by atoms with Crippen LogP contribution in [0.3, 0.4) is 0 Å². The van der Waals surface area contributed by atoms with E-state index in [-0.39, 0.29) is 5.56 Å². The molecule has 102 valence electrons. The van der Waals surface area contributed by atoms with Gasteiger partial charge in [-0.05, 0) is 42.9 Å². The SMILES string of the molecule is C[C@@H]1CCc2c(sc3nc4ccc(Cl)nn4c(=O)c23)C1. The van der Waals surface area contributed by atoms with Gasteiger partial charge in [-0.25, -0.2) is 4.98 Å². The van der Waals surface area contributed by atoms with Crippen molar-refractivity contribution in [3.8, 4) is 0 Å². The van der Waals surface area contributed by atoms with Gasteiger partial charge in [-0.1, -0.05) is 18.5 Å². The molecule has 3 heterocycles. The molecule has 4 rings (SSSR count). The highest BCUT2D eigenvalue weighted by molar-refractivity contribution is 7.18. The van der Waals surface area contributed by atoms with Crippen LogP contribution in [0.5, 0.6) is 0 Å². The highest BCUT2D eigenvalue weighted by Crippen LogP contribution is 2.35. The number of hydrogen-bond donors (Lipinski definition) is 0. The monoisotopic (exact) mass is 305 g/mol. The van der Waals surface area contributed by atoms with E-state index in [2.05, 4.69) is 17.0 Å². The van der Waals surface area contributed by atoms with E-state index in [1.807, 2.05) is 0 Å². The molecule has 3 aromatic heterocycles. The van der Waals surface area contributed by atoms with Crippen LogP contribution in [0.2, 0.25) is 5.15 Å². The van der Waals surface area contributed by atoms with Gasteiger partial charge in [0, 0.05) is 4.88 Å². The van der Waals surface area contributed by atoms with Crippen molar-refractivity contribution in [1.29, 1.82) is 0 Å². The minimum Gasteiger partial charge on any atom is -0.267 e. The zero-order chi connectivity index (χ0) is 13.9. The second-order valence-electron chi connectivity index (χ2n) is 5.37. The molecule has 1 aliphatic carbocycles. The summed E-state index contributed by atoms with van der Waals surface area (Å²) in [5, 5.41) is 5.12. The van der Waals surface area contributed by atoms with Crippen LogP contribution in [-0.4, -0.2) is 14.6 Å². The van der Waals surface area contributed by atoms with Crippen LogP contribution in [0.25, 0.3) is 15.9 Å². The van der Waals surface area contributed by atoms with Gasteiger partial charge < -0.3 is 0 Å². The number of hydrogen-bond acceptors (Lipinski definition) is 4. The molecule has 1 aliphatic rings. The third kappa shape index (κ3) is 1.70. The molecule has 20 heavy (non-hydrogen) atoms. The Bertz CT molecular complexity index is 899. The molecule has 0 fully saturated rings. The van der Waals surface area contributed by atoms with E-state index < -0.39 is 0 Å². The second-order valence-corrected chi connectivity index (χ2v) is 6.85. The molecular weight excluding hydrogens is 294 g/mol. The summed E-state index contributed by atoms with van der Waals surface area (Å²) < 4.78 is 1.32. The highest BCUT2D eigenvalue weighted by atomic mass is 35.5. The summed E-state index contributed by atoms with van der Waals surface area (Å²) in [5.74, 6) is 0.681. The Morgan fingerprint density at radius 3 is 3.15 bits per heavy atom.